The van der Waals surface area contributed by atoms with Crippen molar-refractivity contribution in [3.05, 3.63) is 47.8 Å². The van der Waals surface area contributed by atoms with Gasteiger partial charge in [0.25, 0.3) is 5.91 Å². The molecule has 2 saturated heterocycles. The minimum Gasteiger partial charge on any atom is -0.391 e. The molecule has 3 heterocycles. The molecule has 0 aliphatic carbocycles. The van der Waals surface area contributed by atoms with Gasteiger partial charge in [-0.3, -0.25) is 14.4 Å². The van der Waals surface area contributed by atoms with Gasteiger partial charge in [0, 0.05) is 12.6 Å². The van der Waals surface area contributed by atoms with E-state index in [4.69, 9.17) is 0 Å². The fourth-order valence-corrected chi connectivity index (χ4v) is 4.06. The zero-order chi connectivity index (χ0) is 23.2. The zero-order valence-corrected chi connectivity index (χ0v) is 16.8. The Kier molecular flexibility index (Phi) is 5.41. The Labute approximate surface area is 180 Å². The Bertz CT molecular complexity index is 1050. The number of carbonyl (C=O) groups is 3. The van der Waals surface area contributed by atoms with Crippen LogP contribution in [0.2, 0.25) is 0 Å². The van der Waals surface area contributed by atoms with Crippen molar-refractivity contribution < 1.29 is 32.7 Å². The molecule has 2 aliphatic rings. The zero-order valence-electron chi connectivity index (χ0n) is 16.8. The Hall–Kier alpha value is -3.41. The van der Waals surface area contributed by atoms with E-state index in [0.717, 1.165) is 6.20 Å². The highest BCUT2D eigenvalue weighted by molar-refractivity contribution is 5.99. The summed E-state index contributed by atoms with van der Waals surface area (Å²) in [6.45, 7) is 1.31. The van der Waals surface area contributed by atoms with Crippen LogP contribution in [0, 0.1) is 0 Å². The summed E-state index contributed by atoms with van der Waals surface area (Å²) in [4.78, 5) is 38.8. The maximum absolute atomic E-state index is 13.8. The van der Waals surface area contributed by atoms with Crippen LogP contribution in [0.4, 0.5) is 13.2 Å². The predicted octanol–water partition coefficient (Wildman–Crippen LogP) is 0.470. The Morgan fingerprint density at radius 1 is 1.28 bits per heavy atom. The van der Waals surface area contributed by atoms with Gasteiger partial charge in [-0.15, -0.1) is 0 Å². The third kappa shape index (κ3) is 3.81. The molecule has 4 rings (SSSR count). The summed E-state index contributed by atoms with van der Waals surface area (Å²) in [7, 11) is 0. The van der Waals surface area contributed by atoms with Gasteiger partial charge in [0.2, 0.25) is 11.8 Å². The van der Waals surface area contributed by atoms with Crippen molar-refractivity contribution in [3.8, 4) is 5.69 Å². The number of para-hydroxylation sites is 1. The highest BCUT2D eigenvalue weighted by Gasteiger charge is 2.48. The number of piperazine rings is 1. The number of hydrogen-bond acceptors (Lipinski definition) is 5. The molecule has 0 saturated carbocycles. The van der Waals surface area contributed by atoms with Crippen molar-refractivity contribution in [2.45, 2.75) is 43.8 Å². The van der Waals surface area contributed by atoms with E-state index < -0.39 is 59.4 Å². The summed E-state index contributed by atoms with van der Waals surface area (Å²) in [6, 6.07) is 4.90. The summed E-state index contributed by atoms with van der Waals surface area (Å²) in [5, 5.41) is 18.4. The maximum Gasteiger partial charge on any atom is 0.434 e. The number of carbonyl (C=O) groups excluding carboxylic acids is 3. The van der Waals surface area contributed by atoms with Gasteiger partial charge in [-0.05, 0) is 25.5 Å². The third-order valence-corrected chi connectivity index (χ3v) is 5.55. The molecule has 0 bridgehead atoms. The molecule has 12 heteroatoms. The second-order valence-corrected chi connectivity index (χ2v) is 7.79. The smallest absolute Gasteiger partial charge is 0.391 e. The van der Waals surface area contributed by atoms with Crippen LogP contribution in [0.25, 0.3) is 5.69 Å². The summed E-state index contributed by atoms with van der Waals surface area (Å²) in [5.74, 6) is -2.00. The number of benzene rings is 1. The van der Waals surface area contributed by atoms with Crippen LogP contribution in [-0.2, 0) is 15.8 Å². The summed E-state index contributed by atoms with van der Waals surface area (Å²) < 4.78 is 42.0. The molecular weight excluding hydrogens is 431 g/mol. The molecule has 3 amide bonds. The number of fused-ring (bicyclic) bond motifs is 1. The average molecular weight is 451 g/mol. The van der Waals surface area contributed by atoms with Crippen molar-refractivity contribution in [2.75, 3.05) is 6.54 Å². The number of aliphatic hydroxyl groups is 1. The summed E-state index contributed by atoms with van der Waals surface area (Å²) in [6.07, 6.45) is -5.08. The van der Waals surface area contributed by atoms with Crippen molar-refractivity contribution in [1.82, 2.24) is 25.3 Å². The lowest BCUT2D eigenvalue weighted by molar-refractivity contribution is -0.149. The molecule has 170 valence electrons. The topological polar surface area (TPSA) is 117 Å². The first-order valence-corrected chi connectivity index (χ1v) is 9.88. The van der Waals surface area contributed by atoms with Crippen molar-refractivity contribution in [3.63, 3.8) is 0 Å². The Morgan fingerprint density at radius 2 is 1.97 bits per heavy atom. The minimum atomic E-state index is -4.85. The van der Waals surface area contributed by atoms with E-state index >= 15 is 0 Å². The average Bonchev–Trinajstić information content (AvgIpc) is 3.36. The first-order valence-electron chi connectivity index (χ1n) is 9.88. The van der Waals surface area contributed by atoms with E-state index in [1.807, 2.05) is 0 Å². The van der Waals surface area contributed by atoms with Crippen molar-refractivity contribution in [1.29, 1.82) is 0 Å². The number of nitrogens with one attached hydrogen (secondary N) is 2. The number of nitrogens with zero attached hydrogens (tertiary/aromatic N) is 3. The maximum atomic E-state index is 13.8. The first-order chi connectivity index (χ1) is 15.1. The molecule has 0 radical (unpaired) electrons. The van der Waals surface area contributed by atoms with E-state index in [-0.39, 0.29) is 18.7 Å². The van der Waals surface area contributed by atoms with Crippen LogP contribution in [-0.4, -0.2) is 68.3 Å². The quantitative estimate of drug-likeness (QED) is 0.625. The van der Waals surface area contributed by atoms with Crippen molar-refractivity contribution in [2.24, 2.45) is 0 Å². The minimum absolute atomic E-state index is 0.0457. The third-order valence-electron chi connectivity index (χ3n) is 5.55. The number of aliphatic hydroxyl groups excluding tert-OH is 1. The van der Waals surface area contributed by atoms with Crippen LogP contribution in [0.15, 0.2) is 36.5 Å². The fourth-order valence-electron chi connectivity index (χ4n) is 4.06. The molecule has 9 nitrogen and oxygen atoms in total. The van der Waals surface area contributed by atoms with E-state index in [0.29, 0.717) is 4.68 Å². The number of rotatable bonds is 4. The van der Waals surface area contributed by atoms with E-state index in [1.165, 1.54) is 24.0 Å². The van der Waals surface area contributed by atoms with E-state index in [9.17, 15) is 32.7 Å². The highest BCUT2D eigenvalue weighted by atomic mass is 19.4. The molecule has 0 spiro atoms. The lowest BCUT2D eigenvalue weighted by Crippen LogP contribution is -2.64. The summed E-state index contributed by atoms with van der Waals surface area (Å²) in [5.41, 5.74) is -1.74. The SMILES string of the molecule is C[C@@H](O)[C@@H]1NC(=O)[C@@H]2C[C@H](NC(=O)c3cnn(-c4ccccc4)c3C(F)(F)F)CN2C1=O. The second kappa shape index (κ2) is 7.93. The molecule has 2 aromatic rings. The monoisotopic (exact) mass is 451 g/mol. The number of hydrogen-bond donors (Lipinski definition) is 3. The van der Waals surface area contributed by atoms with Gasteiger partial charge >= 0.3 is 6.18 Å². The van der Waals surface area contributed by atoms with E-state index in [2.05, 4.69) is 15.7 Å². The molecule has 3 N–H and O–H groups in total. The van der Waals surface area contributed by atoms with Gasteiger partial charge in [0.15, 0.2) is 5.69 Å². The normalized spacial score (nSPS) is 24.2. The number of alkyl halides is 3. The Balaban J connectivity index is 1.56. The van der Waals surface area contributed by atoms with Gasteiger partial charge in [0.1, 0.15) is 12.1 Å². The number of amides is 3. The van der Waals surface area contributed by atoms with Gasteiger partial charge in [-0.2, -0.15) is 18.3 Å². The number of aromatic nitrogens is 2. The van der Waals surface area contributed by atoms with Crippen molar-refractivity contribution >= 4 is 17.7 Å². The van der Waals surface area contributed by atoms with Gasteiger partial charge in [0.05, 0.1) is 23.6 Å². The number of halogens is 3. The van der Waals surface area contributed by atoms with E-state index in [1.54, 1.807) is 18.2 Å². The molecule has 0 unspecified atom stereocenters. The van der Waals surface area contributed by atoms with Crippen LogP contribution in [0.1, 0.15) is 29.4 Å². The van der Waals surface area contributed by atoms with Crippen LogP contribution in [0.5, 0.6) is 0 Å². The standard InChI is InChI=1S/C20H20F3N5O4/c1-10(29)15-19(32)27-9-11(7-14(27)18(31)26-15)25-17(30)13-8-24-28(16(13)20(21,22)23)12-5-3-2-4-6-12/h2-6,8,10-11,14-15,29H,7,9H2,1H3,(H,25,30)(H,26,31)/t10-,11+,14+,15+/m1/s1. The Morgan fingerprint density at radius 3 is 2.59 bits per heavy atom. The summed E-state index contributed by atoms with van der Waals surface area (Å²) >= 11 is 0. The van der Waals surface area contributed by atoms with Gasteiger partial charge in [-0.25, -0.2) is 4.68 Å². The lowest BCUT2D eigenvalue weighted by atomic mass is 10.0. The molecular formula is C20H20F3N5O4. The second-order valence-electron chi connectivity index (χ2n) is 7.79. The largest absolute Gasteiger partial charge is 0.434 e. The van der Waals surface area contributed by atoms with Crippen LogP contribution < -0.4 is 10.6 Å². The predicted molar refractivity (Wildman–Crippen MR) is 104 cm³/mol. The van der Waals surface area contributed by atoms with Crippen LogP contribution in [0.3, 0.4) is 0 Å². The first kappa shape index (κ1) is 21.8. The molecule has 1 aromatic carbocycles. The molecule has 2 aliphatic heterocycles. The molecule has 2 fully saturated rings. The van der Waals surface area contributed by atoms with Crippen LogP contribution >= 0.6 is 0 Å². The lowest BCUT2D eigenvalue weighted by Gasteiger charge is -2.35. The fraction of sp³-hybridized carbons (Fsp3) is 0.400. The molecule has 32 heavy (non-hydrogen) atoms. The highest BCUT2D eigenvalue weighted by Crippen LogP contribution is 2.34. The van der Waals surface area contributed by atoms with Gasteiger partial charge in [-0.1, -0.05) is 18.2 Å². The molecule has 1 aromatic heterocycles. The van der Waals surface area contributed by atoms with Gasteiger partial charge < -0.3 is 20.6 Å². The molecule has 4 atom stereocenters.